The summed E-state index contributed by atoms with van der Waals surface area (Å²) in [7, 11) is 0. The summed E-state index contributed by atoms with van der Waals surface area (Å²) in [4.78, 5) is 9.90. The molecule has 2 bridgehead atoms. The zero-order valence-corrected chi connectivity index (χ0v) is 11.9. The lowest BCUT2D eigenvalue weighted by Crippen LogP contribution is -2.16. The smallest absolute Gasteiger partial charge is 0.240 e. The minimum atomic E-state index is 0.497. The van der Waals surface area contributed by atoms with E-state index in [2.05, 4.69) is 32.2 Å². The summed E-state index contributed by atoms with van der Waals surface area (Å²) in [5, 5.41) is 6.86. The average Bonchev–Trinajstić information content (AvgIpc) is 2.92. The van der Waals surface area contributed by atoms with Gasteiger partial charge in [-0.2, -0.15) is 4.98 Å². The van der Waals surface area contributed by atoms with Crippen molar-refractivity contribution in [2.45, 2.75) is 25.3 Å². The Labute approximate surface area is 121 Å². The van der Waals surface area contributed by atoms with E-state index >= 15 is 0 Å². The molecule has 0 radical (unpaired) electrons. The fourth-order valence-electron chi connectivity index (χ4n) is 4.71. The summed E-state index contributed by atoms with van der Waals surface area (Å²) < 4.78 is 0. The number of hydrogen-bond donors (Lipinski definition) is 3. The standard InChI is InChI=1S/C14H17N5S/c15-19-14-17-12(8-3-4-20-13(8)18-14)16-11-9-6-1-2-7(5-6)10(9)11/h3-4,6-7,9-11H,1-2,5,15H2,(H2,16,17,18,19). The van der Waals surface area contributed by atoms with E-state index in [0.717, 1.165) is 39.7 Å². The second kappa shape index (κ2) is 3.83. The molecule has 4 unspecified atom stereocenters. The van der Waals surface area contributed by atoms with Crippen LogP contribution in [0.3, 0.4) is 0 Å². The van der Waals surface area contributed by atoms with E-state index in [0.29, 0.717) is 12.0 Å². The molecule has 0 aromatic carbocycles. The molecule has 4 N–H and O–H groups in total. The van der Waals surface area contributed by atoms with Gasteiger partial charge in [0.2, 0.25) is 5.95 Å². The van der Waals surface area contributed by atoms with Gasteiger partial charge in [0.1, 0.15) is 10.6 Å². The zero-order chi connectivity index (χ0) is 13.3. The fourth-order valence-corrected chi connectivity index (χ4v) is 5.47. The summed E-state index contributed by atoms with van der Waals surface area (Å²) in [6, 6.07) is 2.72. The van der Waals surface area contributed by atoms with E-state index in [1.807, 2.05) is 0 Å². The van der Waals surface area contributed by atoms with Gasteiger partial charge in [-0.1, -0.05) is 0 Å². The van der Waals surface area contributed by atoms with E-state index < -0.39 is 0 Å². The van der Waals surface area contributed by atoms with E-state index in [9.17, 15) is 0 Å². The van der Waals surface area contributed by atoms with Crippen molar-refractivity contribution in [2.24, 2.45) is 29.5 Å². The molecule has 3 fully saturated rings. The van der Waals surface area contributed by atoms with Gasteiger partial charge in [-0.3, -0.25) is 5.43 Å². The number of hydrazine groups is 1. The lowest BCUT2D eigenvalue weighted by Gasteiger charge is -2.12. The van der Waals surface area contributed by atoms with Crippen molar-refractivity contribution in [1.29, 1.82) is 0 Å². The Morgan fingerprint density at radius 3 is 2.75 bits per heavy atom. The highest BCUT2D eigenvalue weighted by Gasteiger charge is 2.65. The molecule has 104 valence electrons. The molecule has 0 aliphatic heterocycles. The van der Waals surface area contributed by atoms with Crippen LogP contribution in [0.25, 0.3) is 10.2 Å². The first-order valence-corrected chi connectivity index (χ1v) is 8.21. The van der Waals surface area contributed by atoms with E-state index in [1.165, 1.54) is 19.3 Å². The number of aromatic nitrogens is 2. The fraction of sp³-hybridized carbons (Fsp3) is 0.571. The first-order chi connectivity index (χ1) is 9.85. The Kier molecular flexibility index (Phi) is 2.16. The van der Waals surface area contributed by atoms with Crippen LogP contribution >= 0.6 is 11.3 Å². The van der Waals surface area contributed by atoms with E-state index in [1.54, 1.807) is 11.3 Å². The Bertz CT molecular complexity index is 667. The van der Waals surface area contributed by atoms with Crippen LogP contribution in [0.4, 0.5) is 11.8 Å². The highest BCUT2D eigenvalue weighted by molar-refractivity contribution is 7.16. The predicted molar refractivity (Wildman–Crippen MR) is 80.4 cm³/mol. The van der Waals surface area contributed by atoms with Crippen LogP contribution in [-0.2, 0) is 0 Å². The van der Waals surface area contributed by atoms with Crippen molar-refractivity contribution in [3.63, 3.8) is 0 Å². The lowest BCUT2D eigenvalue weighted by atomic mass is 10.0. The average molecular weight is 287 g/mol. The molecular formula is C14H17N5S. The van der Waals surface area contributed by atoms with Gasteiger partial charge in [-0.15, -0.1) is 11.3 Å². The molecule has 4 atom stereocenters. The molecule has 2 aromatic rings. The number of nitrogens with zero attached hydrogens (tertiary/aromatic N) is 2. The van der Waals surface area contributed by atoms with Crippen LogP contribution in [0.2, 0.25) is 0 Å². The third kappa shape index (κ3) is 1.41. The molecule has 3 aliphatic rings. The topological polar surface area (TPSA) is 75.9 Å². The Balaban J connectivity index is 1.48. The molecule has 0 amide bonds. The molecule has 20 heavy (non-hydrogen) atoms. The molecule has 0 spiro atoms. The maximum absolute atomic E-state index is 5.47. The van der Waals surface area contributed by atoms with Gasteiger partial charge >= 0.3 is 0 Å². The maximum Gasteiger partial charge on any atom is 0.240 e. The van der Waals surface area contributed by atoms with Crippen LogP contribution in [0.1, 0.15) is 19.3 Å². The normalized spacial score (nSPS) is 37.1. The van der Waals surface area contributed by atoms with Crippen molar-refractivity contribution in [3.05, 3.63) is 11.4 Å². The Morgan fingerprint density at radius 2 is 2.00 bits per heavy atom. The molecule has 2 heterocycles. The van der Waals surface area contributed by atoms with Gasteiger partial charge in [0, 0.05) is 6.04 Å². The molecule has 5 rings (SSSR count). The molecule has 6 heteroatoms. The number of nitrogens with two attached hydrogens (primary N) is 1. The monoisotopic (exact) mass is 287 g/mol. The Morgan fingerprint density at radius 1 is 1.20 bits per heavy atom. The minimum Gasteiger partial charge on any atom is -0.366 e. The summed E-state index contributed by atoms with van der Waals surface area (Å²) in [5.41, 5.74) is 2.57. The number of thiophene rings is 1. The van der Waals surface area contributed by atoms with Crippen LogP contribution in [0.5, 0.6) is 0 Å². The SMILES string of the molecule is NNc1nc(NC2C3C4CCC(C4)C23)c2ccsc2n1. The summed E-state index contributed by atoms with van der Waals surface area (Å²) >= 11 is 1.63. The van der Waals surface area contributed by atoms with Gasteiger partial charge in [-0.05, 0) is 54.4 Å². The van der Waals surface area contributed by atoms with Crippen LogP contribution < -0.4 is 16.6 Å². The number of nitrogen functional groups attached to an aromatic ring is 1. The number of anilines is 2. The molecule has 2 aromatic heterocycles. The van der Waals surface area contributed by atoms with Crippen LogP contribution in [-0.4, -0.2) is 16.0 Å². The third-order valence-electron chi connectivity index (χ3n) is 5.49. The molecule has 5 nitrogen and oxygen atoms in total. The van der Waals surface area contributed by atoms with Gasteiger partial charge in [-0.25, -0.2) is 10.8 Å². The van der Waals surface area contributed by atoms with Crippen molar-refractivity contribution in [2.75, 3.05) is 10.7 Å². The van der Waals surface area contributed by atoms with E-state index in [-0.39, 0.29) is 0 Å². The molecule has 0 saturated heterocycles. The second-order valence-electron chi connectivity index (χ2n) is 6.34. The highest BCUT2D eigenvalue weighted by Crippen LogP contribution is 2.66. The number of rotatable bonds is 3. The molecular weight excluding hydrogens is 270 g/mol. The van der Waals surface area contributed by atoms with Gasteiger partial charge in [0.05, 0.1) is 5.39 Å². The Hall–Kier alpha value is -1.40. The quantitative estimate of drug-likeness (QED) is 0.597. The second-order valence-corrected chi connectivity index (χ2v) is 7.23. The predicted octanol–water partition coefficient (Wildman–Crippen LogP) is 2.43. The van der Waals surface area contributed by atoms with Gasteiger partial charge in [0.25, 0.3) is 0 Å². The summed E-state index contributed by atoms with van der Waals surface area (Å²) in [6.07, 6.45) is 4.36. The van der Waals surface area contributed by atoms with Crippen molar-refractivity contribution in [1.82, 2.24) is 9.97 Å². The molecule has 3 aliphatic carbocycles. The largest absolute Gasteiger partial charge is 0.366 e. The maximum atomic E-state index is 5.47. The first-order valence-electron chi connectivity index (χ1n) is 7.33. The summed E-state index contributed by atoms with van der Waals surface area (Å²) in [6.45, 7) is 0. The first kappa shape index (κ1) is 11.3. The third-order valence-corrected chi connectivity index (χ3v) is 6.30. The minimum absolute atomic E-state index is 0.497. The van der Waals surface area contributed by atoms with Crippen LogP contribution in [0, 0.1) is 23.7 Å². The summed E-state index contributed by atoms with van der Waals surface area (Å²) in [5.74, 6) is 10.6. The van der Waals surface area contributed by atoms with E-state index in [4.69, 9.17) is 5.84 Å². The lowest BCUT2D eigenvalue weighted by molar-refractivity contribution is 0.456. The van der Waals surface area contributed by atoms with Gasteiger partial charge < -0.3 is 5.32 Å². The van der Waals surface area contributed by atoms with Gasteiger partial charge in [0.15, 0.2) is 0 Å². The zero-order valence-electron chi connectivity index (χ0n) is 11.0. The van der Waals surface area contributed by atoms with Crippen molar-refractivity contribution >= 4 is 33.3 Å². The van der Waals surface area contributed by atoms with Crippen molar-refractivity contribution < 1.29 is 0 Å². The molecule has 3 saturated carbocycles. The van der Waals surface area contributed by atoms with Crippen molar-refractivity contribution in [3.8, 4) is 0 Å². The number of nitrogens with one attached hydrogen (secondary N) is 2. The highest BCUT2D eigenvalue weighted by atomic mass is 32.1. The van der Waals surface area contributed by atoms with Crippen LogP contribution in [0.15, 0.2) is 11.4 Å². The number of fused-ring (bicyclic) bond motifs is 6. The number of hydrogen-bond acceptors (Lipinski definition) is 6.